The topological polar surface area (TPSA) is 35.5 Å². The molecule has 0 saturated carbocycles. The van der Waals surface area contributed by atoms with Crippen LogP contribution < -0.4 is 0 Å². The fraction of sp³-hybridized carbons (Fsp3) is 0.917. The van der Waals surface area contributed by atoms with Gasteiger partial charge in [0.2, 0.25) is 0 Å². The molecule has 0 fully saturated rings. The lowest BCUT2D eigenvalue weighted by Gasteiger charge is -2.28. The van der Waals surface area contributed by atoms with E-state index in [1.165, 1.54) is 0 Å². The zero-order valence-electron chi connectivity index (χ0n) is 11.0. The fourth-order valence-electron chi connectivity index (χ4n) is 1.39. The molecule has 0 N–H and O–H groups in total. The molecule has 4 heteroatoms. The molecule has 96 valence electrons. The summed E-state index contributed by atoms with van der Waals surface area (Å²) in [6.07, 6.45) is 2.29. The second-order valence-corrected chi connectivity index (χ2v) is 5.15. The van der Waals surface area contributed by atoms with Gasteiger partial charge in [0.1, 0.15) is 5.78 Å². The Hall–Kier alpha value is -0.0600. The van der Waals surface area contributed by atoms with Crippen LogP contribution in [0.3, 0.4) is 0 Å². The first-order chi connectivity index (χ1) is 7.47. The van der Waals surface area contributed by atoms with Crippen molar-refractivity contribution in [3.63, 3.8) is 0 Å². The Labute approximate surface area is 103 Å². The number of ketones is 1. The van der Waals surface area contributed by atoms with Gasteiger partial charge in [-0.1, -0.05) is 13.8 Å². The molecule has 0 amide bonds. The maximum absolute atomic E-state index is 11.9. The van der Waals surface area contributed by atoms with Crippen molar-refractivity contribution >= 4 is 17.5 Å². The molecule has 0 radical (unpaired) electrons. The van der Waals surface area contributed by atoms with Gasteiger partial charge in [0.05, 0.1) is 5.75 Å². The van der Waals surface area contributed by atoms with Gasteiger partial charge in [-0.2, -0.15) is 11.8 Å². The lowest BCUT2D eigenvalue weighted by atomic mass is 9.85. The monoisotopic (exact) mass is 248 g/mol. The third-order valence-electron chi connectivity index (χ3n) is 2.41. The summed E-state index contributed by atoms with van der Waals surface area (Å²) in [6.45, 7) is 8.99. The molecule has 0 heterocycles. The first-order valence-electron chi connectivity index (χ1n) is 5.73. The summed E-state index contributed by atoms with van der Waals surface area (Å²) in [5.74, 6) is 0.808. The number of ether oxygens (including phenoxy) is 2. The van der Waals surface area contributed by atoms with Crippen molar-refractivity contribution in [2.75, 3.05) is 25.2 Å². The number of hydrogen-bond acceptors (Lipinski definition) is 4. The van der Waals surface area contributed by atoms with Crippen LogP contribution in [-0.2, 0) is 14.3 Å². The van der Waals surface area contributed by atoms with E-state index in [0.29, 0.717) is 25.4 Å². The van der Waals surface area contributed by atoms with E-state index in [4.69, 9.17) is 9.47 Å². The molecule has 0 aromatic heterocycles. The number of carbonyl (C=O) groups excluding carboxylic acids is 1. The maximum atomic E-state index is 11.9. The number of Topliss-reactive ketones (excluding diaryl/α,β-unsaturated/α-hetero) is 1. The Balaban J connectivity index is 4.32. The summed E-state index contributed by atoms with van der Waals surface area (Å²) in [5.41, 5.74) is -0.377. The third-order valence-corrected chi connectivity index (χ3v) is 2.96. The predicted octanol–water partition coefficient (Wildman–Crippen LogP) is 2.73. The normalized spacial score (nSPS) is 12.1. The van der Waals surface area contributed by atoms with Crippen molar-refractivity contribution in [1.29, 1.82) is 0 Å². The second kappa shape index (κ2) is 8.09. The Kier molecular flexibility index (Phi) is 8.06. The highest BCUT2D eigenvalue weighted by atomic mass is 32.2. The fourth-order valence-corrected chi connectivity index (χ4v) is 2.05. The van der Waals surface area contributed by atoms with E-state index >= 15 is 0 Å². The molecule has 0 unspecified atom stereocenters. The molecule has 3 nitrogen and oxygen atoms in total. The molecule has 0 spiro atoms. The van der Waals surface area contributed by atoms with Gasteiger partial charge in [-0.25, -0.2) is 0 Å². The molecule has 0 aliphatic heterocycles. The van der Waals surface area contributed by atoms with Crippen molar-refractivity contribution in [2.24, 2.45) is 5.41 Å². The van der Waals surface area contributed by atoms with Crippen molar-refractivity contribution in [3.8, 4) is 0 Å². The van der Waals surface area contributed by atoms with Gasteiger partial charge in [-0.3, -0.25) is 4.79 Å². The van der Waals surface area contributed by atoms with Crippen LogP contribution >= 0.6 is 11.8 Å². The largest absolute Gasteiger partial charge is 0.353 e. The molecule has 0 saturated heterocycles. The highest BCUT2D eigenvalue weighted by Crippen LogP contribution is 2.26. The Morgan fingerprint density at radius 2 is 1.75 bits per heavy atom. The maximum Gasteiger partial charge on any atom is 0.158 e. The van der Waals surface area contributed by atoms with Crippen LogP contribution in [0, 0.1) is 5.41 Å². The summed E-state index contributed by atoms with van der Waals surface area (Å²) >= 11 is 1.56. The minimum atomic E-state index is -0.377. The molecule has 0 aliphatic rings. The van der Waals surface area contributed by atoms with Crippen molar-refractivity contribution in [3.05, 3.63) is 0 Å². The average molecular weight is 248 g/mol. The van der Waals surface area contributed by atoms with E-state index in [2.05, 4.69) is 0 Å². The number of thioether (sulfide) groups is 1. The number of hydrogen-bond donors (Lipinski definition) is 0. The van der Waals surface area contributed by atoms with Crippen LogP contribution in [0.4, 0.5) is 0 Å². The number of carbonyl (C=O) groups is 1. The summed E-state index contributed by atoms with van der Waals surface area (Å²) in [5, 5.41) is 0. The minimum absolute atomic E-state index is 0.254. The van der Waals surface area contributed by atoms with Crippen molar-refractivity contribution < 1.29 is 14.3 Å². The van der Waals surface area contributed by atoms with Gasteiger partial charge in [-0.05, 0) is 20.1 Å². The zero-order valence-corrected chi connectivity index (χ0v) is 11.9. The Morgan fingerprint density at radius 3 is 2.12 bits per heavy atom. The summed E-state index contributed by atoms with van der Waals surface area (Å²) < 4.78 is 10.9. The van der Waals surface area contributed by atoms with E-state index in [1.807, 2.05) is 34.0 Å². The second-order valence-electron chi connectivity index (χ2n) is 4.28. The van der Waals surface area contributed by atoms with E-state index in [-0.39, 0.29) is 17.5 Å². The van der Waals surface area contributed by atoms with E-state index in [1.54, 1.807) is 11.8 Å². The molecule has 0 atom stereocenters. The van der Waals surface area contributed by atoms with Crippen LogP contribution in [0.1, 0.15) is 34.1 Å². The van der Waals surface area contributed by atoms with Crippen LogP contribution in [0.15, 0.2) is 0 Å². The molecule has 0 aromatic carbocycles. The molecule has 16 heavy (non-hydrogen) atoms. The molecular formula is C12H24O3S. The SMILES string of the molecule is CCOC(CC(C)(C)C(=O)CSC)OCC. The van der Waals surface area contributed by atoms with Crippen molar-refractivity contribution in [2.45, 2.75) is 40.4 Å². The van der Waals surface area contributed by atoms with E-state index < -0.39 is 0 Å². The van der Waals surface area contributed by atoms with Gasteiger partial charge in [0, 0.05) is 25.0 Å². The predicted molar refractivity (Wildman–Crippen MR) is 68.8 cm³/mol. The highest BCUT2D eigenvalue weighted by molar-refractivity contribution is 7.99. The summed E-state index contributed by atoms with van der Waals surface area (Å²) in [4.78, 5) is 11.9. The Bertz CT molecular complexity index is 198. The van der Waals surface area contributed by atoms with Crippen LogP contribution in [0.5, 0.6) is 0 Å². The number of rotatable bonds is 9. The van der Waals surface area contributed by atoms with Gasteiger partial charge in [-0.15, -0.1) is 0 Å². The van der Waals surface area contributed by atoms with Gasteiger partial charge < -0.3 is 9.47 Å². The van der Waals surface area contributed by atoms with Gasteiger partial charge in [0.15, 0.2) is 6.29 Å². The standard InChI is InChI=1S/C12H24O3S/c1-6-14-11(15-7-2)8-12(3,4)10(13)9-16-5/h11H,6-9H2,1-5H3. The molecule has 0 aliphatic carbocycles. The van der Waals surface area contributed by atoms with Gasteiger partial charge >= 0.3 is 0 Å². The third kappa shape index (κ3) is 5.87. The summed E-state index contributed by atoms with van der Waals surface area (Å²) in [7, 11) is 0. The van der Waals surface area contributed by atoms with Crippen LogP contribution in [0.25, 0.3) is 0 Å². The quantitative estimate of drug-likeness (QED) is 0.588. The highest BCUT2D eigenvalue weighted by Gasteiger charge is 2.30. The lowest BCUT2D eigenvalue weighted by Crippen LogP contribution is -2.33. The van der Waals surface area contributed by atoms with Gasteiger partial charge in [0.25, 0.3) is 0 Å². The van der Waals surface area contributed by atoms with E-state index in [0.717, 1.165) is 0 Å². The first-order valence-corrected chi connectivity index (χ1v) is 7.12. The smallest absolute Gasteiger partial charge is 0.158 e. The molecule has 0 bridgehead atoms. The minimum Gasteiger partial charge on any atom is -0.353 e. The summed E-state index contributed by atoms with van der Waals surface area (Å²) in [6, 6.07) is 0. The van der Waals surface area contributed by atoms with Crippen LogP contribution in [0.2, 0.25) is 0 Å². The van der Waals surface area contributed by atoms with E-state index in [9.17, 15) is 4.79 Å². The zero-order chi connectivity index (χ0) is 12.6. The average Bonchev–Trinajstić information content (AvgIpc) is 2.18. The van der Waals surface area contributed by atoms with Crippen LogP contribution in [-0.4, -0.2) is 37.3 Å². The first kappa shape index (κ1) is 15.9. The molecule has 0 rings (SSSR count). The molecule has 0 aromatic rings. The lowest BCUT2D eigenvalue weighted by molar-refractivity contribution is -0.159. The Morgan fingerprint density at radius 1 is 1.25 bits per heavy atom. The molecular weight excluding hydrogens is 224 g/mol. The van der Waals surface area contributed by atoms with Crippen molar-refractivity contribution in [1.82, 2.24) is 0 Å².